The first-order valence-electron chi connectivity index (χ1n) is 5.87. The molecule has 0 unspecified atom stereocenters. The second-order valence-electron chi connectivity index (χ2n) is 4.55. The number of fused-ring (bicyclic) bond motifs is 1. The standard InChI is InChI=1S/C14H15N3/c1-10(2)17-8-6-14(16-17)11-3-4-13-12(9-11)5-7-15-13/h3-10,15H,1-2H3. The third-order valence-corrected chi connectivity index (χ3v) is 2.99. The van der Waals surface area contributed by atoms with E-state index in [0.717, 1.165) is 16.8 Å². The molecule has 0 bridgehead atoms. The van der Waals surface area contributed by atoms with Crippen molar-refractivity contribution >= 4 is 10.9 Å². The number of aromatic nitrogens is 3. The Morgan fingerprint density at radius 3 is 2.82 bits per heavy atom. The van der Waals surface area contributed by atoms with Crippen LogP contribution in [0.2, 0.25) is 0 Å². The number of rotatable bonds is 2. The van der Waals surface area contributed by atoms with Crippen LogP contribution in [-0.2, 0) is 0 Å². The minimum Gasteiger partial charge on any atom is -0.361 e. The highest BCUT2D eigenvalue weighted by atomic mass is 15.3. The molecule has 0 radical (unpaired) electrons. The van der Waals surface area contributed by atoms with Gasteiger partial charge in [-0.15, -0.1) is 0 Å². The lowest BCUT2D eigenvalue weighted by Gasteiger charge is -2.03. The summed E-state index contributed by atoms with van der Waals surface area (Å²) in [6.45, 7) is 4.26. The van der Waals surface area contributed by atoms with Crippen molar-refractivity contribution in [3.63, 3.8) is 0 Å². The maximum Gasteiger partial charge on any atom is 0.0923 e. The van der Waals surface area contributed by atoms with Crippen LogP contribution in [0.5, 0.6) is 0 Å². The summed E-state index contributed by atoms with van der Waals surface area (Å²) in [7, 11) is 0. The van der Waals surface area contributed by atoms with Crippen molar-refractivity contribution in [1.29, 1.82) is 0 Å². The molecule has 86 valence electrons. The molecule has 1 N–H and O–H groups in total. The average molecular weight is 225 g/mol. The van der Waals surface area contributed by atoms with Gasteiger partial charge in [-0.25, -0.2) is 0 Å². The summed E-state index contributed by atoms with van der Waals surface area (Å²) in [5, 5.41) is 5.80. The number of benzene rings is 1. The summed E-state index contributed by atoms with van der Waals surface area (Å²) >= 11 is 0. The lowest BCUT2D eigenvalue weighted by Crippen LogP contribution is -2.00. The quantitative estimate of drug-likeness (QED) is 0.710. The van der Waals surface area contributed by atoms with Crippen molar-refractivity contribution in [2.75, 3.05) is 0 Å². The Bertz CT molecular complexity index is 646. The molecule has 3 nitrogen and oxygen atoms in total. The molecular formula is C14H15N3. The van der Waals surface area contributed by atoms with E-state index in [1.165, 1.54) is 5.39 Å². The van der Waals surface area contributed by atoms with E-state index >= 15 is 0 Å². The molecular weight excluding hydrogens is 210 g/mol. The van der Waals surface area contributed by atoms with Crippen molar-refractivity contribution < 1.29 is 0 Å². The van der Waals surface area contributed by atoms with Crippen molar-refractivity contribution in [2.45, 2.75) is 19.9 Å². The van der Waals surface area contributed by atoms with E-state index in [9.17, 15) is 0 Å². The lowest BCUT2D eigenvalue weighted by atomic mass is 10.1. The first-order chi connectivity index (χ1) is 8.24. The first kappa shape index (κ1) is 10.1. The molecule has 3 aromatic rings. The second kappa shape index (κ2) is 3.77. The Labute approximate surface area is 100 Å². The van der Waals surface area contributed by atoms with Crippen LogP contribution in [0.4, 0.5) is 0 Å². The molecule has 1 aromatic carbocycles. The average Bonchev–Trinajstić information content (AvgIpc) is 2.97. The molecule has 0 atom stereocenters. The molecule has 0 aliphatic heterocycles. The zero-order chi connectivity index (χ0) is 11.8. The minimum absolute atomic E-state index is 0.403. The van der Waals surface area contributed by atoms with E-state index in [4.69, 9.17) is 0 Å². The highest BCUT2D eigenvalue weighted by molar-refractivity contribution is 5.84. The largest absolute Gasteiger partial charge is 0.361 e. The van der Waals surface area contributed by atoms with Crippen LogP contribution in [0.25, 0.3) is 22.2 Å². The van der Waals surface area contributed by atoms with E-state index in [-0.39, 0.29) is 0 Å². The van der Waals surface area contributed by atoms with Gasteiger partial charge in [0.05, 0.1) is 5.69 Å². The van der Waals surface area contributed by atoms with E-state index in [2.05, 4.69) is 54.3 Å². The third kappa shape index (κ3) is 1.73. The molecule has 0 aliphatic carbocycles. The monoisotopic (exact) mass is 225 g/mol. The molecule has 0 fully saturated rings. The fourth-order valence-electron chi connectivity index (χ4n) is 1.99. The number of hydrogen-bond acceptors (Lipinski definition) is 1. The summed E-state index contributed by atoms with van der Waals surface area (Å²) in [6, 6.07) is 10.9. The number of nitrogens with one attached hydrogen (secondary N) is 1. The molecule has 0 amide bonds. The Balaban J connectivity index is 2.06. The fraction of sp³-hybridized carbons (Fsp3) is 0.214. The Hall–Kier alpha value is -2.03. The van der Waals surface area contributed by atoms with Crippen LogP contribution in [0.1, 0.15) is 19.9 Å². The first-order valence-corrected chi connectivity index (χ1v) is 5.87. The van der Waals surface area contributed by atoms with Gasteiger partial charge in [-0.3, -0.25) is 4.68 Å². The molecule has 2 aromatic heterocycles. The Morgan fingerprint density at radius 1 is 1.18 bits per heavy atom. The summed E-state index contributed by atoms with van der Waals surface area (Å²) in [4.78, 5) is 3.20. The van der Waals surface area contributed by atoms with E-state index in [1.54, 1.807) is 0 Å². The van der Waals surface area contributed by atoms with Gasteiger partial charge in [0, 0.05) is 34.9 Å². The Kier molecular flexibility index (Phi) is 2.25. The van der Waals surface area contributed by atoms with Gasteiger partial charge in [0.1, 0.15) is 0 Å². The molecule has 3 heteroatoms. The maximum atomic E-state index is 4.58. The molecule has 0 saturated carbocycles. The zero-order valence-corrected chi connectivity index (χ0v) is 10.0. The second-order valence-corrected chi connectivity index (χ2v) is 4.55. The number of H-pyrrole nitrogens is 1. The number of hydrogen-bond donors (Lipinski definition) is 1. The normalized spacial score (nSPS) is 11.5. The lowest BCUT2D eigenvalue weighted by molar-refractivity contribution is 0.534. The summed E-state index contributed by atoms with van der Waals surface area (Å²) in [5.74, 6) is 0. The van der Waals surface area contributed by atoms with Crippen molar-refractivity contribution in [2.24, 2.45) is 0 Å². The van der Waals surface area contributed by atoms with Gasteiger partial charge < -0.3 is 4.98 Å². The van der Waals surface area contributed by atoms with Crippen molar-refractivity contribution in [3.05, 3.63) is 42.7 Å². The SMILES string of the molecule is CC(C)n1ccc(-c2ccc3[nH]ccc3c2)n1. The maximum absolute atomic E-state index is 4.58. The van der Waals surface area contributed by atoms with Gasteiger partial charge >= 0.3 is 0 Å². The molecule has 0 aliphatic rings. The minimum atomic E-state index is 0.403. The van der Waals surface area contributed by atoms with Crippen LogP contribution in [0, 0.1) is 0 Å². The van der Waals surface area contributed by atoms with E-state index in [1.807, 2.05) is 17.1 Å². The fourth-order valence-corrected chi connectivity index (χ4v) is 1.99. The number of aromatic amines is 1. The van der Waals surface area contributed by atoms with Crippen LogP contribution < -0.4 is 0 Å². The van der Waals surface area contributed by atoms with Gasteiger partial charge in [-0.05, 0) is 38.1 Å². The summed E-state index contributed by atoms with van der Waals surface area (Å²) in [6.07, 6.45) is 3.99. The van der Waals surface area contributed by atoms with E-state index in [0.29, 0.717) is 6.04 Å². The molecule has 0 spiro atoms. The van der Waals surface area contributed by atoms with Gasteiger partial charge in [0.15, 0.2) is 0 Å². The van der Waals surface area contributed by atoms with Crippen LogP contribution in [0.3, 0.4) is 0 Å². The predicted octanol–water partition coefficient (Wildman–Crippen LogP) is 3.61. The number of nitrogens with zero attached hydrogens (tertiary/aromatic N) is 2. The van der Waals surface area contributed by atoms with E-state index < -0.39 is 0 Å². The molecule has 0 saturated heterocycles. The third-order valence-electron chi connectivity index (χ3n) is 2.99. The van der Waals surface area contributed by atoms with Gasteiger partial charge in [0.25, 0.3) is 0 Å². The molecule has 17 heavy (non-hydrogen) atoms. The van der Waals surface area contributed by atoms with Gasteiger partial charge in [0.2, 0.25) is 0 Å². The van der Waals surface area contributed by atoms with Crippen molar-refractivity contribution in [1.82, 2.24) is 14.8 Å². The van der Waals surface area contributed by atoms with Gasteiger partial charge in [-0.1, -0.05) is 6.07 Å². The zero-order valence-electron chi connectivity index (χ0n) is 10.0. The predicted molar refractivity (Wildman–Crippen MR) is 69.9 cm³/mol. The van der Waals surface area contributed by atoms with Crippen molar-refractivity contribution in [3.8, 4) is 11.3 Å². The van der Waals surface area contributed by atoms with Crippen LogP contribution in [0.15, 0.2) is 42.7 Å². The summed E-state index contributed by atoms with van der Waals surface area (Å²) in [5.41, 5.74) is 3.36. The molecule has 3 rings (SSSR count). The van der Waals surface area contributed by atoms with Crippen LogP contribution in [-0.4, -0.2) is 14.8 Å². The smallest absolute Gasteiger partial charge is 0.0923 e. The Morgan fingerprint density at radius 2 is 2.06 bits per heavy atom. The highest BCUT2D eigenvalue weighted by Gasteiger charge is 2.05. The van der Waals surface area contributed by atoms with Gasteiger partial charge in [-0.2, -0.15) is 5.10 Å². The van der Waals surface area contributed by atoms with Crippen LogP contribution >= 0.6 is 0 Å². The topological polar surface area (TPSA) is 33.6 Å². The summed E-state index contributed by atoms with van der Waals surface area (Å²) < 4.78 is 1.98. The molecule has 2 heterocycles. The highest BCUT2D eigenvalue weighted by Crippen LogP contribution is 2.23.